The second-order valence-corrected chi connectivity index (χ2v) is 4.19. The molecule has 0 aromatic rings. The first-order valence-corrected chi connectivity index (χ1v) is 5.53. The van der Waals surface area contributed by atoms with Crippen LogP contribution >= 0.6 is 11.8 Å². The van der Waals surface area contributed by atoms with E-state index >= 15 is 0 Å². The molecule has 0 aromatic heterocycles. The van der Waals surface area contributed by atoms with Crippen molar-refractivity contribution in [2.45, 2.75) is 19.2 Å². The van der Waals surface area contributed by atoms with Gasteiger partial charge in [0.05, 0.1) is 11.9 Å². The van der Waals surface area contributed by atoms with E-state index in [1.54, 1.807) is 0 Å². The van der Waals surface area contributed by atoms with E-state index < -0.39 is 24.0 Å². The molecule has 1 unspecified atom stereocenters. The van der Waals surface area contributed by atoms with Crippen molar-refractivity contribution in [2.24, 2.45) is 0 Å². The number of hydrogen-bond acceptors (Lipinski definition) is 4. The average Bonchev–Trinajstić information content (AvgIpc) is 2.11. The maximum Gasteiger partial charge on any atom is 0.397 e. The zero-order valence-corrected chi connectivity index (χ0v) is 9.53. The molecule has 1 N–H and O–H groups in total. The second kappa shape index (κ2) is 6.80. The number of thioether (sulfide) groups is 1. The fraction of sp³-hybridized carbons (Fsp3) is 0.667. The van der Waals surface area contributed by atoms with Gasteiger partial charge in [0.15, 0.2) is 0 Å². The van der Waals surface area contributed by atoms with Crippen molar-refractivity contribution in [1.29, 1.82) is 0 Å². The molecule has 0 saturated carbocycles. The summed E-state index contributed by atoms with van der Waals surface area (Å²) in [4.78, 5) is 10.9. The van der Waals surface area contributed by atoms with Gasteiger partial charge in [-0.25, -0.2) is 4.79 Å². The van der Waals surface area contributed by atoms with Gasteiger partial charge in [0.2, 0.25) is 0 Å². The van der Waals surface area contributed by atoms with E-state index in [9.17, 15) is 23.1 Å². The summed E-state index contributed by atoms with van der Waals surface area (Å²) in [5.74, 6) is -1.83. The summed E-state index contributed by atoms with van der Waals surface area (Å²) in [5, 5.41) is 9.18. The van der Waals surface area contributed by atoms with Gasteiger partial charge >= 0.3 is 12.1 Å². The molecule has 0 aliphatic rings. The first kappa shape index (κ1) is 15.3. The SMILES string of the molecule is C=C(C)C(=O)OCC(O)CSCC(F)(F)F. The number of halogens is 3. The number of rotatable bonds is 6. The lowest BCUT2D eigenvalue weighted by atomic mass is 10.3. The Balaban J connectivity index is 3.64. The van der Waals surface area contributed by atoms with Gasteiger partial charge in [-0.3, -0.25) is 0 Å². The van der Waals surface area contributed by atoms with Gasteiger partial charge in [-0.1, -0.05) is 6.58 Å². The molecule has 0 aliphatic carbocycles. The first-order valence-electron chi connectivity index (χ1n) is 4.37. The lowest BCUT2D eigenvalue weighted by molar-refractivity contribution is -0.141. The topological polar surface area (TPSA) is 46.5 Å². The van der Waals surface area contributed by atoms with E-state index in [0.717, 1.165) is 0 Å². The first-order chi connectivity index (χ1) is 7.22. The fourth-order valence-electron chi connectivity index (χ4n) is 0.654. The summed E-state index contributed by atoms with van der Waals surface area (Å²) >= 11 is 0.540. The normalized spacial score (nSPS) is 13.3. The Morgan fingerprint density at radius 1 is 1.56 bits per heavy atom. The van der Waals surface area contributed by atoms with Gasteiger partial charge in [0, 0.05) is 11.3 Å². The quantitative estimate of drug-likeness (QED) is 0.582. The molecule has 0 spiro atoms. The van der Waals surface area contributed by atoms with Crippen LogP contribution in [0.25, 0.3) is 0 Å². The summed E-state index contributed by atoms with van der Waals surface area (Å²) in [6.45, 7) is 4.43. The molecule has 0 heterocycles. The monoisotopic (exact) mass is 258 g/mol. The number of aliphatic hydroxyl groups excluding tert-OH is 1. The van der Waals surface area contributed by atoms with E-state index in [2.05, 4.69) is 11.3 Å². The summed E-state index contributed by atoms with van der Waals surface area (Å²) in [6.07, 6.45) is -5.35. The Bertz CT molecular complexity index is 253. The number of esters is 1. The van der Waals surface area contributed by atoms with Crippen LogP contribution < -0.4 is 0 Å². The van der Waals surface area contributed by atoms with Gasteiger partial charge in [-0.15, -0.1) is 11.8 Å². The fourth-order valence-corrected chi connectivity index (χ4v) is 1.37. The van der Waals surface area contributed by atoms with Crippen molar-refractivity contribution in [1.82, 2.24) is 0 Å². The molecule has 0 saturated heterocycles. The van der Waals surface area contributed by atoms with Gasteiger partial charge < -0.3 is 9.84 Å². The predicted molar refractivity (Wildman–Crippen MR) is 55.2 cm³/mol. The number of aliphatic hydroxyl groups is 1. The molecule has 0 bridgehead atoms. The minimum absolute atomic E-state index is 0.136. The summed E-state index contributed by atoms with van der Waals surface area (Å²) < 4.78 is 39.7. The van der Waals surface area contributed by atoms with Crippen LogP contribution in [0, 0.1) is 0 Å². The van der Waals surface area contributed by atoms with Crippen molar-refractivity contribution in [2.75, 3.05) is 18.1 Å². The Hall–Kier alpha value is -0.690. The minimum atomic E-state index is -4.25. The van der Waals surface area contributed by atoms with Crippen LogP contribution in [0.2, 0.25) is 0 Å². The molecule has 1 atom stereocenters. The molecule has 0 rings (SSSR count). The molecular weight excluding hydrogens is 245 g/mol. The van der Waals surface area contributed by atoms with E-state index in [4.69, 9.17) is 0 Å². The van der Waals surface area contributed by atoms with Crippen LogP contribution in [0.4, 0.5) is 13.2 Å². The highest BCUT2D eigenvalue weighted by atomic mass is 32.2. The van der Waals surface area contributed by atoms with Crippen molar-refractivity contribution < 1.29 is 27.8 Å². The van der Waals surface area contributed by atoms with E-state index in [1.807, 2.05) is 0 Å². The standard InChI is InChI=1S/C9H13F3O3S/c1-6(2)8(14)15-3-7(13)4-16-5-9(10,11)12/h7,13H,1,3-5H2,2H3. The molecule has 0 fully saturated rings. The average molecular weight is 258 g/mol. The Morgan fingerprint density at radius 2 is 2.12 bits per heavy atom. The Morgan fingerprint density at radius 3 is 2.56 bits per heavy atom. The Kier molecular flexibility index (Phi) is 6.51. The summed E-state index contributed by atoms with van der Waals surface area (Å²) in [7, 11) is 0. The third-order valence-electron chi connectivity index (χ3n) is 1.33. The Labute approximate surface area is 95.7 Å². The van der Waals surface area contributed by atoms with E-state index in [-0.39, 0.29) is 17.9 Å². The number of hydrogen-bond donors (Lipinski definition) is 1. The number of carbonyl (C=O) groups excluding carboxylic acids is 1. The van der Waals surface area contributed by atoms with Crippen LogP contribution in [-0.2, 0) is 9.53 Å². The highest BCUT2D eigenvalue weighted by molar-refractivity contribution is 7.99. The summed E-state index contributed by atoms with van der Waals surface area (Å²) in [6, 6.07) is 0. The third-order valence-corrected chi connectivity index (χ3v) is 2.48. The highest BCUT2D eigenvalue weighted by Gasteiger charge is 2.27. The van der Waals surface area contributed by atoms with Crippen molar-refractivity contribution in [3.8, 4) is 0 Å². The maximum absolute atomic E-state index is 11.7. The van der Waals surface area contributed by atoms with Crippen LogP contribution in [0.1, 0.15) is 6.92 Å². The second-order valence-electron chi connectivity index (χ2n) is 3.16. The lowest BCUT2D eigenvalue weighted by Crippen LogP contribution is -2.22. The van der Waals surface area contributed by atoms with Crippen LogP contribution in [0.3, 0.4) is 0 Å². The maximum atomic E-state index is 11.7. The number of carbonyl (C=O) groups is 1. The molecule has 3 nitrogen and oxygen atoms in total. The zero-order chi connectivity index (χ0) is 12.8. The smallest absolute Gasteiger partial charge is 0.397 e. The number of ether oxygens (including phenoxy) is 1. The van der Waals surface area contributed by atoms with E-state index in [0.29, 0.717) is 11.8 Å². The molecular formula is C9H13F3O3S. The number of alkyl halides is 3. The van der Waals surface area contributed by atoms with Gasteiger partial charge in [0.1, 0.15) is 6.61 Å². The van der Waals surface area contributed by atoms with E-state index in [1.165, 1.54) is 6.92 Å². The minimum Gasteiger partial charge on any atom is -0.460 e. The van der Waals surface area contributed by atoms with Gasteiger partial charge in [-0.2, -0.15) is 13.2 Å². The molecule has 0 aromatic carbocycles. The van der Waals surface area contributed by atoms with Gasteiger partial charge in [-0.05, 0) is 6.92 Å². The predicted octanol–water partition coefficient (Wildman–Crippen LogP) is 1.76. The van der Waals surface area contributed by atoms with Crippen molar-refractivity contribution in [3.05, 3.63) is 12.2 Å². The molecule has 94 valence electrons. The molecule has 0 amide bonds. The van der Waals surface area contributed by atoms with Crippen LogP contribution in [0.5, 0.6) is 0 Å². The van der Waals surface area contributed by atoms with Crippen LogP contribution in [-0.4, -0.2) is 41.5 Å². The molecule has 7 heteroatoms. The largest absolute Gasteiger partial charge is 0.460 e. The zero-order valence-electron chi connectivity index (χ0n) is 8.71. The molecule has 16 heavy (non-hydrogen) atoms. The highest BCUT2D eigenvalue weighted by Crippen LogP contribution is 2.21. The summed E-state index contributed by atoms with van der Waals surface area (Å²) in [5.41, 5.74) is 0.176. The van der Waals surface area contributed by atoms with Crippen LogP contribution in [0.15, 0.2) is 12.2 Å². The molecule has 0 radical (unpaired) electrons. The van der Waals surface area contributed by atoms with Crippen molar-refractivity contribution in [3.63, 3.8) is 0 Å². The van der Waals surface area contributed by atoms with Crippen molar-refractivity contribution >= 4 is 17.7 Å². The third kappa shape index (κ3) is 8.60. The molecule has 0 aliphatic heterocycles. The lowest BCUT2D eigenvalue weighted by Gasteiger charge is -2.11. The van der Waals surface area contributed by atoms with Gasteiger partial charge in [0.25, 0.3) is 0 Å².